The summed E-state index contributed by atoms with van der Waals surface area (Å²) in [6.07, 6.45) is 7.73. The molecule has 3 fully saturated rings. The molecule has 4 rings (SSSR count). The van der Waals surface area contributed by atoms with E-state index in [-0.39, 0.29) is 23.8 Å². The molecule has 0 N–H and O–H groups in total. The number of esters is 2. The van der Waals surface area contributed by atoms with E-state index in [9.17, 15) is 9.59 Å². The van der Waals surface area contributed by atoms with Crippen molar-refractivity contribution in [1.82, 2.24) is 0 Å². The molecule has 3 heteroatoms. The van der Waals surface area contributed by atoms with E-state index in [4.69, 9.17) is 4.74 Å². The van der Waals surface area contributed by atoms with Gasteiger partial charge in [0.15, 0.2) is 0 Å². The highest BCUT2D eigenvalue weighted by Crippen LogP contribution is 2.63. The Bertz CT molecular complexity index is 375. The van der Waals surface area contributed by atoms with Gasteiger partial charge in [-0.25, -0.2) is 0 Å². The molecule has 84 valence electrons. The highest BCUT2D eigenvalue weighted by molar-refractivity contribution is 5.97. The van der Waals surface area contributed by atoms with Crippen LogP contribution < -0.4 is 0 Å². The van der Waals surface area contributed by atoms with Gasteiger partial charge in [0, 0.05) is 0 Å². The molecule has 2 saturated carbocycles. The molecular weight excluding hydrogens is 204 g/mol. The van der Waals surface area contributed by atoms with Gasteiger partial charge in [-0.1, -0.05) is 12.2 Å². The number of hydrogen-bond acceptors (Lipinski definition) is 3. The van der Waals surface area contributed by atoms with Gasteiger partial charge in [-0.2, -0.15) is 0 Å². The molecule has 1 heterocycles. The van der Waals surface area contributed by atoms with Crippen LogP contribution in [-0.4, -0.2) is 11.9 Å². The van der Waals surface area contributed by atoms with Crippen LogP contribution in [0.15, 0.2) is 12.2 Å². The topological polar surface area (TPSA) is 43.4 Å². The van der Waals surface area contributed by atoms with Crippen molar-refractivity contribution in [3.8, 4) is 0 Å². The summed E-state index contributed by atoms with van der Waals surface area (Å²) >= 11 is 0. The van der Waals surface area contributed by atoms with Crippen LogP contribution in [0.1, 0.15) is 19.3 Å². The lowest BCUT2D eigenvalue weighted by Crippen LogP contribution is -2.37. The summed E-state index contributed by atoms with van der Waals surface area (Å²) in [7, 11) is 0. The number of hydrogen-bond donors (Lipinski definition) is 0. The third-order valence-electron chi connectivity index (χ3n) is 5.23. The Hall–Kier alpha value is -1.12. The van der Waals surface area contributed by atoms with E-state index < -0.39 is 0 Å². The average Bonchev–Trinajstić information content (AvgIpc) is 2.91. The molecule has 3 nitrogen and oxygen atoms in total. The van der Waals surface area contributed by atoms with E-state index in [1.165, 1.54) is 0 Å². The Kier molecular flexibility index (Phi) is 1.55. The minimum atomic E-state index is -0.240. The first-order chi connectivity index (χ1) is 7.77. The lowest BCUT2D eigenvalue weighted by atomic mass is 9.65. The standard InChI is InChI=1S/C13H14O3/c14-12-10-8-5-9(11(10)13(15)16-12)7-4-2-1-3-6(7)8/h1-2,6-11H,3-5H2/t6?,7?,8-,9+,10-,11+. The van der Waals surface area contributed by atoms with Gasteiger partial charge in [0.05, 0.1) is 11.8 Å². The summed E-state index contributed by atoms with van der Waals surface area (Å²) in [5, 5.41) is 0. The summed E-state index contributed by atoms with van der Waals surface area (Å²) < 4.78 is 4.82. The van der Waals surface area contributed by atoms with Crippen molar-refractivity contribution in [2.45, 2.75) is 19.3 Å². The Labute approximate surface area is 93.8 Å². The molecule has 2 bridgehead atoms. The maximum atomic E-state index is 11.7. The second-order valence-electron chi connectivity index (χ2n) is 5.63. The molecule has 2 unspecified atom stereocenters. The van der Waals surface area contributed by atoms with Gasteiger partial charge in [0.25, 0.3) is 0 Å². The fourth-order valence-electron chi connectivity index (χ4n) is 4.74. The zero-order valence-electron chi connectivity index (χ0n) is 8.96. The van der Waals surface area contributed by atoms with Crippen molar-refractivity contribution < 1.29 is 14.3 Å². The zero-order valence-corrected chi connectivity index (χ0v) is 8.96. The van der Waals surface area contributed by atoms with Gasteiger partial charge < -0.3 is 4.74 Å². The van der Waals surface area contributed by atoms with Gasteiger partial charge in [-0.3, -0.25) is 9.59 Å². The lowest BCUT2D eigenvalue weighted by Gasteiger charge is -2.36. The van der Waals surface area contributed by atoms with Crippen LogP contribution in [-0.2, 0) is 14.3 Å². The van der Waals surface area contributed by atoms with Crippen molar-refractivity contribution in [1.29, 1.82) is 0 Å². The molecule has 3 aliphatic carbocycles. The second-order valence-corrected chi connectivity index (χ2v) is 5.63. The average molecular weight is 218 g/mol. The summed E-state index contributed by atoms with van der Waals surface area (Å²) in [6, 6.07) is 0. The normalized spacial score (nSPS) is 52.8. The molecule has 0 aromatic heterocycles. The molecule has 1 saturated heterocycles. The van der Waals surface area contributed by atoms with Crippen LogP contribution in [0.25, 0.3) is 0 Å². The molecule has 0 spiro atoms. The molecule has 0 amide bonds. The third kappa shape index (κ3) is 0.864. The van der Waals surface area contributed by atoms with Gasteiger partial charge in [-0.05, 0) is 42.9 Å². The number of fused-ring (bicyclic) bond motifs is 8. The van der Waals surface area contributed by atoms with Gasteiger partial charge in [0.1, 0.15) is 0 Å². The Morgan fingerprint density at radius 2 is 1.38 bits per heavy atom. The molecular formula is C13H14O3. The maximum absolute atomic E-state index is 11.7. The fraction of sp³-hybridized carbons (Fsp3) is 0.692. The van der Waals surface area contributed by atoms with Crippen molar-refractivity contribution in [2.24, 2.45) is 35.5 Å². The molecule has 16 heavy (non-hydrogen) atoms. The molecule has 0 radical (unpaired) electrons. The van der Waals surface area contributed by atoms with Crippen LogP contribution in [0.4, 0.5) is 0 Å². The zero-order chi connectivity index (χ0) is 10.9. The maximum Gasteiger partial charge on any atom is 0.317 e. The highest BCUT2D eigenvalue weighted by Gasteiger charge is 2.65. The fourth-order valence-corrected chi connectivity index (χ4v) is 4.74. The molecule has 0 aromatic carbocycles. The van der Waals surface area contributed by atoms with Gasteiger partial charge in [-0.15, -0.1) is 0 Å². The first kappa shape index (κ1) is 8.97. The number of carbonyl (C=O) groups is 2. The molecule has 4 aliphatic rings. The number of rotatable bonds is 0. The van der Waals surface area contributed by atoms with E-state index >= 15 is 0 Å². The van der Waals surface area contributed by atoms with Crippen LogP contribution in [0.5, 0.6) is 0 Å². The van der Waals surface area contributed by atoms with Crippen molar-refractivity contribution in [3.63, 3.8) is 0 Å². The predicted octanol–water partition coefficient (Wildman–Crippen LogP) is 1.53. The van der Waals surface area contributed by atoms with E-state index in [1.54, 1.807) is 0 Å². The Balaban J connectivity index is 1.76. The number of cyclic esters (lactones) is 2. The molecule has 0 aromatic rings. The SMILES string of the molecule is O=C1OC(=O)[C@H]2[C@@H]1[C@H]1C[C@@H]2C2CC=CCC21. The number of allylic oxidation sites excluding steroid dienone is 2. The van der Waals surface area contributed by atoms with E-state index in [0.717, 1.165) is 19.3 Å². The minimum Gasteiger partial charge on any atom is -0.393 e. The van der Waals surface area contributed by atoms with Crippen molar-refractivity contribution >= 4 is 11.9 Å². The number of ether oxygens (including phenoxy) is 1. The quantitative estimate of drug-likeness (QED) is 0.352. The summed E-state index contributed by atoms with van der Waals surface area (Å²) in [5.74, 6) is 1.44. The van der Waals surface area contributed by atoms with Gasteiger partial charge >= 0.3 is 11.9 Å². The van der Waals surface area contributed by atoms with Crippen LogP contribution in [0, 0.1) is 35.5 Å². The van der Waals surface area contributed by atoms with Crippen molar-refractivity contribution in [2.75, 3.05) is 0 Å². The van der Waals surface area contributed by atoms with Crippen molar-refractivity contribution in [3.05, 3.63) is 12.2 Å². The smallest absolute Gasteiger partial charge is 0.317 e. The van der Waals surface area contributed by atoms with E-state index in [2.05, 4.69) is 12.2 Å². The summed E-state index contributed by atoms with van der Waals surface area (Å²) in [4.78, 5) is 23.3. The molecule has 1 aliphatic heterocycles. The van der Waals surface area contributed by atoms with Crippen LogP contribution in [0.3, 0.4) is 0 Å². The summed E-state index contributed by atoms with van der Waals surface area (Å²) in [6.45, 7) is 0. The van der Waals surface area contributed by atoms with Crippen LogP contribution >= 0.6 is 0 Å². The van der Waals surface area contributed by atoms with E-state index in [1.807, 2.05) is 0 Å². The summed E-state index contributed by atoms with van der Waals surface area (Å²) in [5.41, 5.74) is 0. The Morgan fingerprint density at radius 3 is 1.88 bits per heavy atom. The van der Waals surface area contributed by atoms with E-state index in [0.29, 0.717) is 23.7 Å². The second kappa shape index (κ2) is 2.76. The highest BCUT2D eigenvalue weighted by atomic mass is 16.6. The lowest BCUT2D eigenvalue weighted by molar-refractivity contribution is -0.154. The van der Waals surface area contributed by atoms with Gasteiger partial charge in [0.2, 0.25) is 0 Å². The first-order valence-corrected chi connectivity index (χ1v) is 6.18. The molecule has 6 atom stereocenters. The number of carbonyl (C=O) groups excluding carboxylic acids is 2. The largest absolute Gasteiger partial charge is 0.393 e. The first-order valence-electron chi connectivity index (χ1n) is 6.18. The monoisotopic (exact) mass is 218 g/mol. The predicted molar refractivity (Wildman–Crippen MR) is 55.0 cm³/mol. The minimum absolute atomic E-state index is 0.0924. The Morgan fingerprint density at radius 1 is 0.875 bits per heavy atom. The van der Waals surface area contributed by atoms with Crippen LogP contribution in [0.2, 0.25) is 0 Å². The third-order valence-corrected chi connectivity index (χ3v) is 5.23.